The number of nitrogens with one attached hydrogen (secondary N) is 1. The summed E-state index contributed by atoms with van der Waals surface area (Å²) in [6.07, 6.45) is 0.612. The number of amides is 2. The number of hydrogen-bond donors (Lipinski definition) is 1. The largest absolute Gasteiger partial charge is 0.353 e. The van der Waals surface area contributed by atoms with E-state index in [1.54, 1.807) is 6.07 Å². The number of benzene rings is 1. The molecular formula is C24H33N5O2. The Bertz CT molecular complexity index is 915. The van der Waals surface area contributed by atoms with Crippen LogP contribution in [-0.4, -0.2) is 58.9 Å². The van der Waals surface area contributed by atoms with E-state index >= 15 is 0 Å². The fraction of sp³-hybridized carbons (Fsp3) is 0.500. The number of carbonyl (C=O) groups is 2. The maximum absolute atomic E-state index is 13.3. The van der Waals surface area contributed by atoms with E-state index in [1.165, 1.54) is 0 Å². The Balaban J connectivity index is 1.66. The van der Waals surface area contributed by atoms with Crippen molar-refractivity contribution in [1.29, 1.82) is 0 Å². The molecule has 166 valence electrons. The molecule has 1 N–H and O–H groups in total. The maximum Gasteiger partial charge on any atom is 0.252 e. The summed E-state index contributed by atoms with van der Waals surface area (Å²) in [6.45, 7) is 12.5. The Labute approximate surface area is 184 Å². The van der Waals surface area contributed by atoms with Crippen LogP contribution >= 0.6 is 0 Å². The number of anilines is 1. The minimum atomic E-state index is -0.526. The minimum absolute atomic E-state index is 0.00895. The van der Waals surface area contributed by atoms with E-state index in [-0.39, 0.29) is 11.8 Å². The van der Waals surface area contributed by atoms with Crippen LogP contribution in [0.25, 0.3) is 0 Å². The van der Waals surface area contributed by atoms with Crippen LogP contribution in [0.3, 0.4) is 0 Å². The van der Waals surface area contributed by atoms with Crippen molar-refractivity contribution in [2.24, 2.45) is 5.92 Å². The van der Waals surface area contributed by atoms with E-state index < -0.39 is 6.04 Å². The van der Waals surface area contributed by atoms with Crippen molar-refractivity contribution in [3.05, 3.63) is 53.0 Å². The first-order chi connectivity index (χ1) is 14.7. The van der Waals surface area contributed by atoms with Gasteiger partial charge in [0.05, 0.1) is 0 Å². The number of nitrogens with zero attached hydrogens (tertiary/aromatic N) is 4. The van der Waals surface area contributed by atoms with Gasteiger partial charge in [0.1, 0.15) is 17.7 Å². The molecule has 2 aromatic rings. The van der Waals surface area contributed by atoms with Gasteiger partial charge in [0, 0.05) is 43.5 Å². The van der Waals surface area contributed by atoms with Gasteiger partial charge in [-0.15, -0.1) is 0 Å². The number of rotatable bonds is 6. The summed E-state index contributed by atoms with van der Waals surface area (Å²) in [4.78, 5) is 39.1. The van der Waals surface area contributed by atoms with Gasteiger partial charge in [-0.1, -0.05) is 32.0 Å². The first kappa shape index (κ1) is 22.7. The smallest absolute Gasteiger partial charge is 0.252 e. The molecule has 1 unspecified atom stereocenters. The number of aryl methyl sites for hydroxylation is 3. The van der Waals surface area contributed by atoms with Gasteiger partial charge in [-0.05, 0) is 44.7 Å². The van der Waals surface area contributed by atoms with Crippen molar-refractivity contribution in [2.75, 3.05) is 31.1 Å². The molecule has 0 bridgehead atoms. The molecule has 7 nitrogen and oxygen atoms in total. The Kier molecular flexibility index (Phi) is 7.25. The number of aromatic nitrogens is 2. The normalized spacial score (nSPS) is 15.2. The van der Waals surface area contributed by atoms with Crippen molar-refractivity contribution in [3.63, 3.8) is 0 Å². The van der Waals surface area contributed by atoms with Crippen molar-refractivity contribution in [3.8, 4) is 0 Å². The molecule has 7 heteroatoms. The predicted molar refractivity (Wildman–Crippen MR) is 122 cm³/mol. The zero-order valence-corrected chi connectivity index (χ0v) is 19.2. The molecule has 0 radical (unpaired) electrons. The van der Waals surface area contributed by atoms with Crippen molar-refractivity contribution < 1.29 is 9.59 Å². The lowest BCUT2D eigenvalue weighted by Gasteiger charge is -2.37. The monoisotopic (exact) mass is 423 g/mol. The fourth-order valence-corrected chi connectivity index (χ4v) is 3.99. The first-order valence-corrected chi connectivity index (χ1v) is 11.0. The first-order valence-electron chi connectivity index (χ1n) is 11.0. The predicted octanol–water partition coefficient (Wildman–Crippen LogP) is 2.90. The zero-order valence-electron chi connectivity index (χ0n) is 19.2. The van der Waals surface area contributed by atoms with Gasteiger partial charge in [-0.3, -0.25) is 9.59 Å². The van der Waals surface area contributed by atoms with Crippen LogP contribution in [0.4, 0.5) is 5.82 Å². The van der Waals surface area contributed by atoms with Crippen LogP contribution in [0.5, 0.6) is 0 Å². The number of carbonyl (C=O) groups excluding carboxylic acids is 2. The van der Waals surface area contributed by atoms with Gasteiger partial charge in [0.15, 0.2) is 0 Å². The molecular weight excluding hydrogens is 390 g/mol. The van der Waals surface area contributed by atoms with Gasteiger partial charge in [-0.25, -0.2) is 9.97 Å². The lowest BCUT2D eigenvalue weighted by Crippen LogP contribution is -2.55. The summed E-state index contributed by atoms with van der Waals surface area (Å²) in [5, 5.41) is 3.00. The van der Waals surface area contributed by atoms with Crippen LogP contribution in [0, 0.1) is 26.7 Å². The van der Waals surface area contributed by atoms with Crippen LogP contribution in [0.2, 0.25) is 0 Å². The topological polar surface area (TPSA) is 78.4 Å². The lowest BCUT2D eigenvalue weighted by molar-refractivity contribution is -0.134. The van der Waals surface area contributed by atoms with E-state index in [0.717, 1.165) is 22.9 Å². The van der Waals surface area contributed by atoms with Crippen molar-refractivity contribution >= 4 is 17.6 Å². The quantitative estimate of drug-likeness (QED) is 0.773. The van der Waals surface area contributed by atoms with E-state index in [4.69, 9.17) is 0 Å². The molecule has 1 aliphatic heterocycles. The van der Waals surface area contributed by atoms with Gasteiger partial charge in [-0.2, -0.15) is 0 Å². The highest BCUT2D eigenvalue weighted by atomic mass is 16.2. The summed E-state index contributed by atoms with van der Waals surface area (Å²) < 4.78 is 0. The third-order valence-corrected chi connectivity index (χ3v) is 5.57. The summed E-state index contributed by atoms with van der Waals surface area (Å²) in [7, 11) is 0. The molecule has 1 aliphatic rings. The van der Waals surface area contributed by atoms with Crippen LogP contribution in [-0.2, 0) is 4.79 Å². The van der Waals surface area contributed by atoms with Gasteiger partial charge in [0.25, 0.3) is 5.91 Å². The van der Waals surface area contributed by atoms with Gasteiger partial charge in [0.2, 0.25) is 5.91 Å². The highest BCUT2D eigenvalue weighted by Crippen LogP contribution is 2.17. The zero-order chi connectivity index (χ0) is 22.5. The highest BCUT2D eigenvalue weighted by molar-refractivity contribution is 5.98. The molecule has 1 fully saturated rings. The second-order valence-corrected chi connectivity index (χ2v) is 8.70. The van der Waals surface area contributed by atoms with Crippen molar-refractivity contribution in [2.45, 2.75) is 47.1 Å². The summed E-state index contributed by atoms with van der Waals surface area (Å²) in [6, 6.07) is 8.91. The van der Waals surface area contributed by atoms with Crippen LogP contribution < -0.4 is 10.2 Å². The summed E-state index contributed by atoms with van der Waals surface area (Å²) >= 11 is 0. The van der Waals surface area contributed by atoms with Crippen LogP contribution in [0.1, 0.15) is 47.7 Å². The molecule has 1 saturated heterocycles. The number of hydrogen-bond acceptors (Lipinski definition) is 5. The molecule has 3 rings (SSSR count). The third-order valence-electron chi connectivity index (χ3n) is 5.57. The Morgan fingerprint density at radius 1 is 1.03 bits per heavy atom. The minimum Gasteiger partial charge on any atom is -0.353 e. The SMILES string of the molecule is Cc1cc(N2CCN(C(=O)C(CC(C)C)NC(=O)c3ccccc3C)CC2)nc(C)n1. The van der Waals surface area contributed by atoms with Crippen molar-refractivity contribution in [1.82, 2.24) is 20.2 Å². The molecule has 2 amide bonds. The highest BCUT2D eigenvalue weighted by Gasteiger charge is 2.30. The van der Waals surface area contributed by atoms with E-state index in [0.29, 0.717) is 44.1 Å². The molecule has 0 saturated carbocycles. The average Bonchev–Trinajstić information content (AvgIpc) is 2.72. The number of piperazine rings is 1. The van der Waals surface area contributed by atoms with Gasteiger partial charge >= 0.3 is 0 Å². The molecule has 1 aromatic carbocycles. The van der Waals surface area contributed by atoms with E-state index in [2.05, 4.69) is 34.0 Å². The molecule has 0 spiro atoms. The van der Waals surface area contributed by atoms with Crippen LogP contribution in [0.15, 0.2) is 30.3 Å². The third kappa shape index (κ3) is 5.81. The second-order valence-electron chi connectivity index (χ2n) is 8.70. The molecule has 1 atom stereocenters. The Morgan fingerprint density at radius 3 is 2.32 bits per heavy atom. The summed E-state index contributed by atoms with van der Waals surface area (Å²) in [5.41, 5.74) is 2.46. The standard InChI is InChI=1S/C24H33N5O2/c1-16(2)14-21(27-23(30)20-9-7-6-8-17(20)3)24(31)29-12-10-28(11-13-29)22-15-18(4)25-19(5)26-22/h6-9,15-16,21H,10-14H2,1-5H3,(H,27,30). The second kappa shape index (κ2) is 9.90. The molecule has 1 aromatic heterocycles. The molecule has 31 heavy (non-hydrogen) atoms. The molecule has 2 heterocycles. The maximum atomic E-state index is 13.3. The Morgan fingerprint density at radius 2 is 1.71 bits per heavy atom. The lowest BCUT2D eigenvalue weighted by atomic mass is 10.0. The van der Waals surface area contributed by atoms with Gasteiger partial charge < -0.3 is 15.1 Å². The summed E-state index contributed by atoms with van der Waals surface area (Å²) in [5.74, 6) is 1.75. The molecule has 0 aliphatic carbocycles. The average molecular weight is 424 g/mol. The van der Waals surface area contributed by atoms with E-state index in [1.807, 2.05) is 49.9 Å². The Hall–Kier alpha value is -2.96. The fourth-order valence-electron chi connectivity index (χ4n) is 3.99. The van der Waals surface area contributed by atoms with E-state index in [9.17, 15) is 9.59 Å².